The number of ether oxygens (including phenoxy) is 2. The van der Waals surface area contributed by atoms with Gasteiger partial charge in [-0.15, -0.1) is 12.4 Å². The largest absolute Gasteiger partial charge is 0.454 e. The number of carbonyl (C=O) groups is 2. The summed E-state index contributed by atoms with van der Waals surface area (Å²) in [5.74, 6) is 1.77. The third-order valence-corrected chi connectivity index (χ3v) is 5.30. The van der Waals surface area contributed by atoms with E-state index in [0.29, 0.717) is 55.4 Å². The molecular weight excluding hydrogens is 410 g/mol. The van der Waals surface area contributed by atoms with E-state index < -0.39 is 0 Å². The number of fused-ring (bicyclic) bond motifs is 1. The highest BCUT2D eigenvalue weighted by molar-refractivity contribution is 6.04. The van der Waals surface area contributed by atoms with Crippen molar-refractivity contribution in [1.29, 1.82) is 0 Å². The van der Waals surface area contributed by atoms with Crippen molar-refractivity contribution in [3.63, 3.8) is 0 Å². The zero-order valence-corrected chi connectivity index (χ0v) is 17.4. The van der Waals surface area contributed by atoms with E-state index >= 15 is 0 Å². The third-order valence-electron chi connectivity index (χ3n) is 5.30. The van der Waals surface area contributed by atoms with E-state index in [2.05, 4.69) is 10.4 Å². The van der Waals surface area contributed by atoms with Gasteiger partial charge in [-0.05, 0) is 44.0 Å². The summed E-state index contributed by atoms with van der Waals surface area (Å²) >= 11 is 0. The molecule has 9 nitrogen and oxygen atoms in total. The van der Waals surface area contributed by atoms with E-state index in [9.17, 15) is 9.59 Å². The number of hydrogen-bond donors (Lipinski definition) is 2. The van der Waals surface area contributed by atoms with Crippen LogP contribution in [0.5, 0.6) is 11.5 Å². The topological polar surface area (TPSA) is 112 Å². The first kappa shape index (κ1) is 21.9. The molecule has 1 aromatic heterocycles. The highest BCUT2D eigenvalue weighted by Gasteiger charge is 2.26. The first-order chi connectivity index (χ1) is 14.2. The van der Waals surface area contributed by atoms with Crippen LogP contribution in [0.1, 0.15) is 42.1 Å². The molecule has 0 atom stereocenters. The number of halogens is 1. The normalized spacial score (nSPS) is 15.6. The first-order valence-electron chi connectivity index (χ1n) is 9.88. The highest BCUT2D eigenvalue weighted by Crippen LogP contribution is 2.33. The van der Waals surface area contributed by atoms with Gasteiger partial charge in [0.15, 0.2) is 11.5 Å². The van der Waals surface area contributed by atoms with Crippen LogP contribution in [0.2, 0.25) is 0 Å². The van der Waals surface area contributed by atoms with Gasteiger partial charge in [0.05, 0.1) is 12.2 Å². The standard InChI is InChI=1S/C20H25N5O4.ClH/c21-8-1-2-19(26)24-10-6-15(7-11-24)25-18(5-9-22-25)23-20(27)14-3-4-16-17(12-14)29-13-28-16;/h3-5,9,12,15H,1-2,6-8,10-11,13,21H2,(H,23,27);1H. The van der Waals surface area contributed by atoms with Crippen LogP contribution < -0.4 is 20.5 Å². The molecule has 1 saturated heterocycles. The van der Waals surface area contributed by atoms with Crippen molar-refractivity contribution in [2.45, 2.75) is 31.7 Å². The smallest absolute Gasteiger partial charge is 0.256 e. The van der Waals surface area contributed by atoms with Crippen LogP contribution in [-0.4, -0.2) is 52.9 Å². The molecule has 30 heavy (non-hydrogen) atoms. The number of nitrogens with one attached hydrogen (secondary N) is 1. The zero-order chi connectivity index (χ0) is 20.2. The molecule has 0 spiro atoms. The van der Waals surface area contributed by atoms with Crippen molar-refractivity contribution in [1.82, 2.24) is 14.7 Å². The number of rotatable bonds is 6. The lowest BCUT2D eigenvalue weighted by molar-refractivity contribution is -0.132. The van der Waals surface area contributed by atoms with Crippen LogP contribution in [0.3, 0.4) is 0 Å². The fourth-order valence-corrected chi connectivity index (χ4v) is 3.70. The van der Waals surface area contributed by atoms with Gasteiger partial charge in [-0.1, -0.05) is 0 Å². The maximum Gasteiger partial charge on any atom is 0.256 e. The summed E-state index contributed by atoms with van der Waals surface area (Å²) in [5.41, 5.74) is 5.98. The Hall–Kier alpha value is -2.78. The molecule has 2 amide bonds. The van der Waals surface area contributed by atoms with Crippen LogP contribution in [0.25, 0.3) is 0 Å². The van der Waals surface area contributed by atoms with Crippen molar-refractivity contribution in [3.8, 4) is 11.5 Å². The molecule has 2 aliphatic rings. The molecule has 0 aliphatic carbocycles. The van der Waals surface area contributed by atoms with Crippen molar-refractivity contribution in [2.75, 3.05) is 31.7 Å². The SMILES string of the molecule is Cl.NCCCC(=O)N1CCC(n2nccc2NC(=O)c2ccc3c(c2)OCO3)CC1. The quantitative estimate of drug-likeness (QED) is 0.719. The van der Waals surface area contributed by atoms with E-state index in [-0.39, 0.29) is 37.1 Å². The van der Waals surface area contributed by atoms with Gasteiger partial charge in [-0.25, -0.2) is 4.68 Å². The second-order valence-corrected chi connectivity index (χ2v) is 7.19. The number of nitrogens with zero attached hydrogens (tertiary/aromatic N) is 3. The lowest BCUT2D eigenvalue weighted by Crippen LogP contribution is -2.39. The summed E-state index contributed by atoms with van der Waals surface area (Å²) in [5, 5.41) is 7.33. The van der Waals surface area contributed by atoms with Crippen LogP contribution in [0, 0.1) is 0 Å². The minimum absolute atomic E-state index is 0. The van der Waals surface area contributed by atoms with Gasteiger partial charge in [0.2, 0.25) is 12.7 Å². The molecular formula is C20H26ClN5O4. The summed E-state index contributed by atoms with van der Waals surface area (Å²) in [6.45, 7) is 2.06. The van der Waals surface area contributed by atoms with Crippen LogP contribution in [0.15, 0.2) is 30.5 Å². The first-order valence-corrected chi connectivity index (χ1v) is 9.88. The van der Waals surface area contributed by atoms with E-state index in [1.807, 2.05) is 9.58 Å². The second-order valence-electron chi connectivity index (χ2n) is 7.19. The summed E-state index contributed by atoms with van der Waals surface area (Å²) in [6.07, 6.45) is 4.48. The number of carbonyl (C=O) groups excluding carboxylic acids is 2. The molecule has 2 aromatic rings. The zero-order valence-electron chi connectivity index (χ0n) is 16.6. The molecule has 4 rings (SSSR count). The Morgan fingerprint density at radius 1 is 1.17 bits per heavy atom. The second kappa shape index (κ2) is 9.82. The van der Waals surface area contributed by atoms with Gasteiger partial charge in [-0.3, -0.25) is 9.59 Å². The van der Waals surface area contributed by atoms with Gasteiger partial charge >= 0.3 is 0 Å². The Balaban J connectivity index is 0.00000256. The number of piperidine rings is 1. The molecule has 0 saturated carbocycles. The monoisotopic (exact) mass is 435 g/mol. The molecule has 0 bridgehead atoms. The molecule has 0 radical (unpaired) electrons. The minimum atomic E-state index is -0.237. The molecule has 3 heterocycles. The average Bonchev–Trinajstić information content (AvgIpc) is 3.40. The molecule has 162 valence electrons. The number of anilines is 1. The summed E-state index contributed by atoms with van der Waals surface area (Å²) in [7, 11) is 0. The Morgan fingerprint density at radius 2 is 1.93 bits per heavy atom. The van der Waals surface area contributed by atoms with Crippen molar-refractivity contribution in [3.05, 3.63) is 36.0 Å². The summed E-state index contributed by atoms with van der Waals surface area (Å²) in [4.78, 5) is 26.7. The lowest BCUT2D eigenvalue weighted by Gasteiger charge is -2.32. The number of benzene rings is 1. The van der Waals surface area contributed by atoms with Crippen LogP contribution in [-0.2, 0) is 4.79 Å². The Kier molecular flexibility index (Phi) is 7.17. The molecule has 2 aliphatic heterocycles. The fraction of sp³-hybridized carbons (Fsp3) is 0.450. The average molecular weight is 436 g/mol. The van der Waals surface area contributed by atoms with E-state index in [0.717, 1.165) is 12.8 Å². The summed E-state index contributed by atoms with van der Waals surface area (Å²) in [6, 6.07) is 7.02. The number of amides is 2. The maximum atomic E-state index is 12.7. The van der Waals surface area contributed by atoms with Crippen LogP contribution in [0.4, 0.5) is 5.82 Å². The predicted molar refractivity (Wildman–Crippen MR) is 113 cm³/mol. The van der Waals surface area contributed by atoms with Crippen LogP contribution >= 0.6 is 12.4 Å². The van der Waals surface area contributed by atoms with Gasteiger partial charge in [0, 0.05) is 31.1 Å². The van der Waals surface area contributed by atoms with E-state index in [4.69, 9.17) is 15.2 Å². The predicted octanol–water partition coefficient (Wildman–Crippen LogP) is 2.19. The Bertz CT molecular complexity index is 895. The Labute approximate surface area is 180 Å². The highest BCUT2D eigenvalue weighted by atomic mass is 35.5. The Morgan fingerprint density at radius 3 is 2.70 bits per heavy atom. The molecule has 1 aromatic carbocycles. The number of hydrogen-bond acceptors (Lipinski definition) is 6. The lowest BCUT2D eigenvalue weighted by atomic mass is 10.0. The van der Waals surface area contributed by atoms with Crippen molar-refractivity contribution in [2.24, 2.45) is 5.73 Å². The number of nitrogens with two attached hydrogens (primary N) is 1. The molecule has 1 fully saturated rings. The van der Waals surface area contributed by atoms with Gasteiger partial charge in [0.25, 0.3) is 5.91 Å². The molecule has 10 heteroatoms. The molecule has 0 unspecified atom stereocenters. The van der Waals surface area contributed by atoms with Gasteiger partial charge in [0.1, 0.15) is 5.82 Å². The minimum Gasteiger partial charge on any atom is -0.454 e. The van der Waals surface area contributed by atoms with E-state index in [1.54, 1.807) is 30.5 Å². The maximum absolute atomic E-state index is 12.7. The summed E-state index contributed by atoms with van der Waals surface area (Å²) < 4.78 is 12.5. The van der Waals surface area contributed by atoms with Crippen molar-refractivity contribution < 1.29 is 19.1 Å². The van der Waals surface area contributed by atoms with Gasteiger partial charge in [-0.2, -0.15) is 5.10 Å². The van der Waals surface area contributed by atoms with Gasteiger partial charge < -0.3 is 25.4 Å². The number of likely N-dealkylation sites (tertiary alicyclic amines) is 1. The fourth-order valence-electron chi connectivity index (χ4n) is 3.70. The molecule has 3 N–H and O–H groups in total. The third kappa shape index (κ3) is 4.68. The van der Waals surface area contributed by atoms with Crippen molar-refractivity contribution >= 4 is 30.0 Å². The van der Waals surface area contributed by atoms with E-state index in [1.165, 1.54) is 0 Å². The number of aromatic nitrogens is 2.